The number of hydrogen-bond donors (Lipinski definition) is 0. The zero-order valence-corrected chi connectivity index (χ0v) is 14.5. The number of carbonyl (C=O) groups is 2. The van der Waals surface area contributed by atoms with Crippen molar-refractivity contribution in [3.63, 3.8) is 0 Å². The molecule has 2 amide bonds. The van der Waals surface area contributed by atoms with Crippen molar-refractivity contribution >= 4 is 11.8 Å². The standard InChI is InChI=1S/C19H27N3O2/c1-2-15-9-4-7-14-22(15)19(24)17-11-8-10-16(20-17)18(23)21-12-5-3-6-13-21/h8,10-11,15H,2-7,9,12-14H2,1H3. The van der Waals surface area contributed by atoms with Crippen LogP contribution in [0.3, 0.4) is 0 Å². The number of likely N-dealkylation sites (tertiary alicyclic amines) is 2. The fourth-order valence-corrected chi connectivity index (χ4v) is 3.77. The van der Waals surface area contributed by atoms with Gasteiger partial charge in [0, 0.05) is 25.7 Å². The molecule has 2 saturated heterocycles. The number of piperidine rings is 2. The van der Waals surface area contributed by atoms with E-state index in [0.29, 0.717) is 17.4 Å². The van der Waals surface area contributed by atoms with Crippen molar-refractivity contribution in [1.82, 2.24) is 14.8 Å². The van der Waals surface area contributed by atoms with Crippen molar-refractivity contribution in [3.05, 3.63) is 29.6 Å². The van der Waals surface area contributed by atoms with Crippen LogP contribution in [0, 0.1) is 0 Å². The normalized spacial score (nSPS) is 21.6. The molecule has 2 aliphatic rings. The van der Waals surface area contributed by atoms with Gasteiger partial charge in [-0.1, -0.05) is 13.0 Å². The first-order valence-corrected chi connectivity index (χ1v) is 9.28. The maximum atomic E-state index is 12.9. The van der Waals surface area contributed by atoms with E-state index in [4.69, 9.17) is 0 Å². The Morgan fingerprint density at radius 1 is 1.00 bits per heavy atom. The third-order valence-electron chi connectivity index (χ3n) is 5.19. The average molecular weight is 329 g/mol. The fourth-order valence-electron chi connectivity index (χ4n) is 3.77. The zero-order valence-electron chi connectivity index (χ0n) is 14.5. The van der Waals surface area contributed by atoms with E-state index in [-0.39, 0.29) is 11.8 Å². The van der Waals surface area contributed by atoms with Crippen LogP contribution in [0.5, 0.6) is 0 Å². The van der Waals surface area contributed by atoms with Gasteiger partial charge in [0.15, 0.2) is 0 Å². The molecular formula is C19H27N3O2. The summed E-state index contributed by atoms with van der Waals surface area (Å²) in [6.45, 7) is 4.51. The lowest BCUT2D eigenvalue weighted by atomic mass is 9.99. The summed E-state index contributed by atoms with van der Waals surface area (Å²) in [7, 11) is 0. The largest absolute Gasteiger partial charge is 0.337 e. The molecule has 5 nitrogen and oxygen atoms in total. The molecule has 3 rings (SSSR count). The lowest BCUT2D eigenvalue weighted by Crippen LogP contribution is -2.44. The highest BCUT2D eigenvalue weighted by Gasteiger charge is 2.28. The summed E-state index contributed by atoms with van der Waals surface area (Å²) < 4.78 is 0. The number of pyridine rings is 1. The maximum absolute atomic E-state index is 12.9. The molecule has 130 valence electrons. The molecule has 2 aliphatic heterocycles. The first-order chi connectivity index (χ1) is 11.7. The molecule has 3 heterocycles. The van der Waals surface area contributed by atoms with E-state index in [1.807, 2.05) is 9.80 Å². The lowest BCUT2D eigenvalue weighted by molar-refractivity contribution is 0.0601. The van der Waals surface area contributed by atoms with Crippen LogP contribution in [0.1, 0.15) is 72.8 Å². The van der Waals surface area contributed by atoms with E-state index in [1.165, 1.54) is 12.8 Å². The van der Waals surface area contributed by atoms with Crippen LogP contribution in [0.25, 0.3) is 0 Å². The summed E-state index contributed by atoms with van der Waals surface area (Å²) in [5, 5.41) is 0. The average Bonchev–Trinajstić information content (AvgIpc) is 2.67. The van der Waals surface area contributed by atoms with Gasteiger partial charge in [-0.2, -0.15) is 0 Å². The molecule has 0 aromatic carbocycles. The zero-order chi connectivity index (χ0) is 16.9. The van der Waals surface area contributed by atoms with Crippen LogP contribution in [0.2, 0.25) is 0 Å². The van der Waals surface area contributed by atoms with Crippen LogP contribution in [0.4, 0.5) is 0 Å². The quantitative estimate of drug-likeness (QED) is 0.856. The third kappa shape index (κ3) is 3.60. The van der Waals surface area contributed by atoms with Gasteiger partial charge in [-0.15, -0.1) is 0 Å². The topological polar surface area (TPSA) is 53.5 Å². The first-order valence-electron chi connectivity index (χ1n) is 9.28. The summed E-state index contributed by atoms with van der Waals surface area (Å²) in [5.41, 5.74) is 0.797. The van der Waals surface area contributed by atoms with Gasteiger partial charge < -0.3 is 9.80 Å². The number of hydrogen-bond acceptors (Lipinski definition) is 3. The number of rotatable bonds is 3. The van der Waals surface area contributed by atoms with E-state index in [2.05, 4.69) is 11.9 Å². The van der Waals surface area contributed by atoms with Gasteiger partial charge in [-0.05, 0) is 57.1 Å². The molecule has 5 heteroatoms. The second-order valence-corrected chi connectivity index (χ2v) is 6.82. The van der Waals surface area contributed by atoms with Gasteiger partial charge in [-0.25, -0.2) is 4.98 Å². The van der Waals surface area contributed by atoms with Gasteiger partial charge in [0.1, 0.15) is 11.4 Å². The summed E-state index contributed by atoms with van der Waals surface area (Å²) in [6, 6.07) is 5.54. The van der Waals surface area contributed by atoms with Gasteiger partial charge in [0.2, 0.25) is 0 Å². The second kappa shape index (κ2) is 7.77. The van der Waals surface area contributed by atoms with Crippen molar-refractivity contribution in [2.24, 2.45) is 0 Å². The van der Waals surface area contributed by atoms with Crippen LogP contribution in [0.15, 0.2) is 18.2 Å². The van der Waals surface area contributed by atoms with E-state index >= 15 is 0 Å². The highest BCUT2D eigenvalue weighted by molar-refractivity contribution is 5.96. The molecule has 0 spiro atoms. The third-order valence-corrected chi connectivity index (χ3v) is 5.19. The van der Waals surface area contributed by atoms with Crippen LogP contribution >= 0.6 is 0 Å². The number of nitrogens with zero attached hydrogens (tertiary/aromatic N) is 3. The Labute approximate surface area is 144 Å². The Bertz CT molecular complexity index is 596. The molecule has 1 unspecified atom stereocenters. The Balaban J connectivity index is 1.76. The number of amides is 2. The minimum absolute atomic E-state index is 0.0326. The first kappa shape index (κ1) is 16.9. The molecule has 0 radical (unpaired) electrons. The fraction of sp³-hybridized carbons (Fsp3) is 0.632. The van der Waals surface area contributed by atoms with Crippen molar-refractivity contribution < 1.29 is 9.59 Å². The maximum Gasteiger partial charge on any atom is 0.272 e. The minimum atomic E-state index is -0.0463. The van der Waals surface area contributed by atoms with E-state index in [9.17, 15) is 9.59 Å². The second-order valence-electron chi connectivity index (χ2n) is 6.82. The Hall–Kier alpha value is -1.91. The van der Waals surface area contributed by atoms with Gasteiger partial charge >= 0.3 is 0 Å². The smallest absolute Gasteiger partial charge is 0.272 e. The molecule has 0 saturated carbocycles. The highest BCUT2D eigenvalue weighted by Crippen LogP contribution is 2.21. The van der Waals surface area contributed by atoms with E-state index < -0.39 is 0 Å². The summed E-state index contributed by atoms with van der Waals surface area (Å²) in [5.74, 6) is -0.0788. The van der Waals surface area contributed by atoms with E-state index in [0.717, 1.165) is 51.7 Å². The summed E-state index contributed by atoms with van der Waals surface area (Å²) in [4.78, 5) is 33.7. The Kier molecular flexibility index (Phi) is 5.48. The molecule has 0 bridgehead atoms. The molecule has 1 aromatic rings. The molecule has 1 aromatic heterocycles. The number of carbonyl (C=O) groups excluding carboxylic acids is 2. The van der Waals surface area contributed by atoms with Crippen molar-refractivity contribution in [2.75, 3.05) is 19.6 Å². The SMILES string of the molecule is CCC1CCCCN1C(=O)c1cccc(C(=O)N2CCCCC2)n1. The highest BCUT2D eigenvalue weighted by atomic mass is 16.2. The molecule has 1 atom stereocenters. The Morgan fingerprint density at radius 2 is 1.67 bits per heavy atom. The lowest BCUT2D eigenvalue weighted by Gasteiger charge is -2.35. The molecule has 0 N–H and O–H groups in total. The van der Waals surface area contributed by atoms with E-state index in [1.54, 1.807) is 18.2 Å². The van der Waals surface area contributed by atoms with Gasteiger partial charge in [-0.3, -0.25) is 9.59 Å². The van der Waals surface area contributed by atoms with Crippen LogP contribution in [-0.2, 0) is 0 Å². The summed E-state index contributed by atoms with van der Waals surface area (Å²) in [6.07, 6.45) is 7.56. The summed E-state index contributed by atoms with van der Waals surface area (Å²) >= 11 is 0. The molecule has 0 aliphatic carbocycles. The van der Waals surface area contributed by atoms with Gasteiger partial charge in [0.25, 0.3) is 11.8 Å². The molecule has 2 fully saturated rings. The minimum Gasteiger partial charge on any atom is -0.337 e. The predicted molar refractivity (Wildman–Crippen MR) is 93.0 cm³/mol. The van der Waals surface area contributed by atoms with Crippen LogP contribution in [-0.4, -0.2) is 52.3 Å². The van der Waals surface area contributed by atoms with Gasteiger partial charge in [0.05, 0.1) is 0 Å². The van der Waals surface area contributed by atoms with Crippen molar-refractivity contribution in [3.8, 4) is 0 Å². The molecule has 24 heavy (non-hydrogen) atoms. The predicted octanol–water partition coefficient (Wildman–Crippen LogP) is 3.11. The van der Waals surface area contributed by atoms with Crippen molar-refractivity contribution in [1.29, 1.82) is 0 Å². The van der Waals surface area contributed by atoms with Crippen LogP contribution < -0.4 is 0 Å². The Morgan fingerprint density at radius 3 is 2.38 bits per heavy atom. The molecular weight excluding hydrogens is 302 g/mol. The van der Waals surface area contributed by atoms with Crippen molar-refractivity contribution in [2.45, 2.75) is 57.9 Å². The monoisotopic (exact) mass is 329 g/mol. The number of aromatic nitrogens is 1.